The Labute approximate surface area is 728 Å². The van der Waals surface area contributed by atoms with Gasteiger partial charge in [-0.05, 0) is 151 Å². The lowest BCUT2D eigenvalue weighted by molar-refractivity contribution is -0.131. The molecule has 8 heterocycles. The van der Waals surface area contributed by atoms with Gasteiger partial charge in [0.2, 0.25) is 11.8 Å². The first kappa shape index (κ1) is 93.4. The van der Waals surface area contributed by atoms with E-state index in [0.717, 1.165) is 62.0 Å². The number of carbonyl (C=O) groups excluding carboxylic acids is 4. The number of nitrogens with one attached hydrogen (secondary N) is 1. The number of aliphatic hydroxyl groups is 1. The highest BCUT2D eigenvalue weighted by Crippen LogP contribution is 2.43. The molecule has 0 unspecified atom stereocenters. The van der Waals surface area contributed by atoms with Crippen LogP contribution in [0.15, 0.2) is 188 Å². The Hall–Kier alpha value is -9.08. The van der Waals surface area contributed by atoms with Crippen LogP contribution in [0.25, 0.3) is 78.7 Å². The van der Waals surface area contributed by atoms with Gasteiger partial charge >= 0.3 is 5.97 Å². The maximum atomic E-state index is 13.9. The van der Waals surface area contributed by atoms with E-state index in [1.54, 1.807) is 130 Å². The molecule has 0 aliphatic carbocycles. The fraction of sp³-hybridized carbons (Fsp3) is 0.0854. The molecule has 0 aliphatic heterocycles. The quantitative estimate of drug-likeness (QED) is 0.0280. The molecule has 7 aromatic carbocycles. The first-order valence-corrected chi connectivity index (χ1v) is 41.0. The maximum absolute atomic E-state index is 13.9. The Morgan fingerprint density at radius 1 is 0.444 bits per heavy atom. The van der Waals surface area contributed by atoms with Gasteiger partial charge < -0.3 is 36.8 Å². The van der Waals surface area contributed by atoms with Crippen molar-refractivity contribution in [3.05, 3.63) is 305 Å². The number of amides is 2. The summed E-state index contributed by atoms with van der Waals surface area (Å²) in [5.74, 6) is -3.14. The van der Waals surface area contributed by atoms with Gasteiger partial charge in [0.25, 0.3) is 5.24 Å². The molecule has 0 saturated carbocycles. The molecule has 0 atom stereocenters. The van der Waals surface area contributed by atoms with Crippen molar-refractivity contribution in [3.8, 4) is 0 Å². The Morgan fingerprint density at radius 2 is 0.786 bits per heavy atom. The number of anilines is 2. The monoisotopic (exact) mass is 1860 g/mol. The standard InChI is InChI=1S/2C18H15ClFN3OS.C10H9ClFNS.C9H3Cl2FOS.C9H6ClFOS.C9H4ClFOS.C9H7FO2.ClH/c2*1-23(16(24)8-6-11-5-7-15(21)22-9-11)10-14-18(19)17-12(20)3-2-4-13(17)25-14;1-13-5-8-10(11)9-6(12)3-2-4-7(9)14-8;10-7-6-4(12)2-1-3-5(6)14-8(7)9(11)13;2*10-9-7(4-12)13-6-3-1-2-5(11)8(6)9;10-8-4-2-1-3-7(8)5-6-9(11)12;/h2*2-9H,10H2,1H3,(H2,21,22);2-4,13H,5H2,1H3;1-3H;1-3,12H,4H2;1-4H;1-6H,(H,11,12);1H/b2*8-6+;;;;;6-5+;. The van der Waals surface area contributed by atoms with Crippen LogP contribution in [-0.4, -0.2) is 80.4 Å². The number of nitrogens with zero attached hydrogens (tertiary/aromatic N) is 4. The molecule has 2 amide bonds. The fourth-order valence-electron chi connectivity index (χ4n) is 10.4. The summed E-state index contributed by atoms with van der Waals surface area (Å²) < 4.78 is 98.3. The molecule has 0 spiro atoms. The van der Waals surface area contributed by atoms with E-state index < -0.39 is 22.8 Å². The Bertz CT molecular complexity index is 6030. The van der Waals surface area contributed by atoms with Gasteiger partial charge in [-0.15, -0.1) is 80.4 Å². The van der Waals surface area contributed by atoms with Crippen molar-refractivity contribution in [1.29, 1.82) is 0 Å². The molecule has 0 bridgehead atoms. The zero-order valence-corrected chi connectivity index (χ0v) is 71.6. The largest absolute Gasteiger partial charge is 0.478 e. The summed E-state index contributed by atoms with van der Waals surface area (Å²) in [4.78, 5) is 70.7. The van der Waals surface area contributed by atoms with Gasteiger partial charge in [-0.1, -0.05) is 124 Å². The van der Waals surface area contributed by atoms with Gasteiger partial charge in [0.15, 0.2) is 6.29 Å². The van der Waals surface area contributed by atoms with E-state index in [0.29, 0.717) is 104 Å². The zero-order valence-electron chi connectivity index (χ0n) is 60.6. The van der Waals surface area contributed by atoms with Gasteiger partial charge in [-0.3, -0.25) is 19.2 Å². The summed E-state index contributed by atoms with van der Waals surface area (Å²) in [7, 11) is 5.19. The van der Waals surface area contributed by atoms with Crippen LogP contribution in [0, 0.1) is 40.7 Å². The average Bonchev–Trinajstić information content (AvgIpc) is 1.66. The molecule has 15 rings (SSSR count). The summed E-state index contributed by atoms with van der Waals surface area (Å²) in [6.07, 6.45) is 12.2. The first-order valence-electron chi connectivity index (χ1n) is 33.4. The van der Waals surface area contributed by atoms with Crippen molar-refractivity contribution in [1.82, 2.24) is 25.1 Å². The third-order valence-corrected chi connectivity index (χ3v) is 26.2. The van der Waals surface area contributed by atoms with E-state index in [9.17, 15) is 54.7 Å². The van der Waals surface area contributed by atoms with Crippen molar-refractivity contribution >= 4 is 281 Å². The second-order valence-corrected chi connectivity index (χ2v) is 33.2. The first-order chi connectivity index (χ1) is 55.4. The van der Waals surface area contributed by atoms with E-state index in [1.807, 2.05) is 25.2 Å². The number of nitrogens with two attached hydrogens (primary N) is 2. The number of benzene rings is 7. The highest BCUT2D eigenvalue weighted by atomic mass is 35.5. The summed E-state index contributed by atoms with van der Waals surface area (Å²) in [5, 5.41) is 23.8. The molecule has 8 aromatic heterocycles. The number of fused-ring (bicyclic) bond motifs is 6. The number of halogens is 15. The van der Waals surface area contributed by atoms with Crippen LogP contribution >= 0.6 is 162 Å². The molecule has 35 heteroatoms. The van der Waals surface area contributed by atoms with E-state index in [4.69, 9.17) is 103 Å². The van der Waals surface area contributed by atoms with Crippen molar-refractivity contribution in [3.63, 3.8) is 0 Å². The highest BCUT2D eigenvalue weighted by molar-refractivity contribution is 7.23. The number of likely N-dealkylation sites (N-methyl/N-ethyl adjacent to an activating group) is 2. The minimum absolute atomic E-state index is 0. The van der Waals surface area contributed by atoms with Crippen molar-refractivity contribution in [2.24, 2.45) is 0 Å². The normalized spacial score (nSPS) is 10.9. The van der Waals surface area contributed by atoms with Crippen LogP contribution in [0.1, 0.15) is 55.5 Å². The third kappa shape index (κ3) is 24.3. The van der Waals surface area contributed by atoms with Crippen molar-refractivity contribution in [2.75, 3.05) is 32.6 Å². The minimum atomic E-state index is -1.08. The van der Waals surface area contributed by atoms with E-state index in [1.165, 1.54) is 133 Å². The Morgan fingerprint density at radius 3 is 1.12 bits per heavy atom. The molecular formula is C82H60Cl8F7N7O7S6. The number of carbonyl (C=O) groups is 5. The smallest absolute Gasteiger partial charge is 0.328 e. The number of aldehydes is 1. The summed E-state index contributed by atoms with van der Waals surface area (Å²) in [6, 6.07) is 41.6. The number of aromatic nitrogens is 2. The van der Waals surface area contributed by atoms with Gasteiger partial charge in [-0.2, -0.15) is 0 Å². The third-order valence-electron chi connectivity index (χ3n) is 16.0. The predicted octanol–water partition coefficient (Wildman–Crippen LogP) is 25.2. The number of rotatable bonds is 15. The van der Waals surface area contributed by atoms with Gasteiger partial charge in [0, 0.05) is 137 Å². The van der Waals surface area contributed by atoms with Crippen LogP contribution in [0.5, 0.6) is 0 Å². The number of aliphatic carboxylic acids is 1. The molecule has 0 fully saturated rings. The number of hydrogen-bond acceptors (Lipinski definition) is 17. The SMILES string of the molecule is CN(Cc1sc2cccc(F)c2c1Cl)C(=O)/C=C/c1ccc(N)nc1.CN(Cc1sc2cccc(F)c2c1Cl)C(=O)/C=C/c1ccc(N)nc1.CNCc1sc2cccc(F)c2c1Cl.Cl.O=C(Cl)c1sc2cccc(F)c2c1Cl.O=C(O)/C=C/c1ccccc1F.O=Cc1sc2cccc(F)c2c1Cl.OCc1sc2cccc(F)c2c1Cl. The van der Waals surface area contributed by atoms with Crippen LogP contribution in [-0.2, 0) is 40.6 Å². The zero-order chi connectivity index (χ0) is 84.2. The molecule has 606 valence electrons. The second-order valence-electron chi connectivity index (χ2n) is 23.9. The highest BCUT2D eigenvalue weighted by Gasteiger charge is 2.22. The van der Waals surface area contributed by atoms with Gasteiger partial charge in [0.05, 0.1) is 54.7 Å². The minimum Gasteiger partial charge on any atom is -0.478 e. The van der Waals surface area contributed by atoms with Crippen molar-refractivity contribution in [2.45, 2.75) is 26.2 Å². The lowest BCUT2D eigenvalue weighted by Gasteiger charge is -2.14. The number of aliphatic hydroxyl groups excluding tert-OH is 1. The lowest BCUT2D eigenvalue weighted by atomic mass is 10.2. The Kier molecular flexibility index (Phi) is 35.2. The number of pyridine rings is 2. The van der Waals surface area contributed by atoms with E-state index in [-0.39, 0.29) is 85.8 Å². The fourth-order valence-corrected chi connectivity index (χ4v) is 19.5. The van der Waals surface area contributed by atoms with E-state index in [2.05, 4.69) is 15.3 Å². The summed E-state index contributed by atoms with van der Waals surface area (Å²) >= 11 is 49.4. The van der Waals surface area contributed by atoms with Crippen LogP contribution < -0.4 is 16.8 Å². The number of hydrogen-bond donors (Lipinski definition) is 5. The molecule has 14 nitrogen and oxygen atoms in total. The molecule has 0 saturated heterocycles. The maximum Gasteiger partial charge on any atom is 0.328 e. The molecule has 7 N–H and O–H groups in total. The summed E-state index contributed by atoms with van der Waals surface area (Å²) in [6.45, 7) is 1.15. The molecular weight excluding hydrogens is 1800 g/mol. The number of thiophene rings is 6. The molecule has 0 radical (unpaired) electrons. The van der Waals surface area contributed by atoms with Gasteiger partial charge in [0.1, 0.15) is 57.2 Å². The molecule has 0 aliphatic rings. The second kappa shape index (κ2) is 44.1. The van der Waals surface area contributed by atoms with Crippen LogP contribution in [0.4, 0.5) is 42.4 Å². The van der Waals surface area contributed by atoms with Crippen molar-refractivity contribution < 1.29 is 64.9 Å². The summed E-state index contributed by atoms with van der Waals surface area (Å²) in [5.41, 5.74) is 12.9. The number of nitrogen functional groups attached to an aromatic ring is 2. The number of carboxylic acids is 1. The predicted molar refractivity (Wildman–Crippen MR) is 474 cm³/mol. The number of carboxylic acid groups (broad SMARTS) is 1. The van der Waals surface area contributed by atoms with Crippen LogP contribution in [0.3, 0.4) is 0 Å². The topological polar surface area (TPSA) is 222 Å². The molecule has 117 heavy (non-hydrogen) atoms. The van der Waals surface area contributed by atoms with E-state index >= 15 is 0 Å². The molecule has 15 aromatic rings. The Balaban J connectivity index is 0.000000174. The van der Waals surface area contributed by atoms with Crippen LogP contribution in [0.2, 0.25) is 30.1 Å². The lowest BCUT2D eigenvalue weighted by Crippen LogP contribution is -2.23. The van der Waals surface area contributed by atoms with Gasteiger partial charge in [-0.25, -0.2) is 45.5 Å². The average molecular weight is 1860 g/mol.